The molecule has 0 aliphatic heterocycles. The van der Waals surface area contributed by atoms with E-state index < -0.39 is 0 Å². The van der Waals surface area contributed by atoms with E-state index in [0.717, 1.165) is 38.5 Å². The summed E-state index contributed by atoms with van der Waals surface area (Å²) in [5.74, 6) is 0.932. The number of guanidine groups is 1. The molecule has 1 aromatic rings. The Kier molecular flexibility index (Phi) is 14.2. The molecule has 0 radical (unpaired) electrons. The molecule has 0 aromatic heterocycles. The number of aliphatic hydroxyl groups is 1. The van der Waals surface area contributed by atoms with Crippen LogP contribution in [-0.2, 0) is 11.2 Å². The first-order valence-electron chi connectivity index (χ1n) is 7.96. The molecule has 1 rings (SSSR count). The number of hydrogen-bond donors (Lipinski definition) is 3. The molecule has 23 heavy (non-hydrogen) atoms. The van der Waals surface area contributed by atoms with Gasteiger partial charge in [-0.15, -0.1) is 24.0 Å². The summed E-state index contributed by atoms with van der Waals surface area (Å²) < 4.78 is 5.03. The van der Waals surface area contributed by atoms with Crippen LogP contribution in [0.15, 0.2) is 35.3 Å². The fourth-order valence-electron chi connectivity index (χ4n) is 2.12. The number of nitrogens with one attached hydrogen (secondary N) is 2. The van der Waals surface area contributed by atoms with E-state index in [9.17, 15) is 5.11 Å². The lowest BCUT2D eigenvalue weighted by Crippen LogP contribution is -2.38. The van der Waals surface area contributed by atoms with Gasteiger partial charge in [0.2, 0.25) is 0 Å². The zero-order chi connectivity index (χ0) is 16.0. The average molecular weight is 435 g/mol. The molecule has 132 valence electrons. The van der Waals surface area contributed by atoms with Crippen LogP contribution >= 0.6 is 24.0 Å². The third kappa shape index (κ3) is 10.5. The Bertz CT molecular complexity index is 416. The summed E-state index contributed by atoms with van der Waals surface area (Å²) in [6, 6.07) is 10.2. The zero-order valence-corrected chi connectivity index (χ0v) is 16.5. The molecule has 0 heterocycles. The van der Waals surface area contributed by atoms with Gasteiger partial charge in [0.1, 0.15) is 0 Å². The normalized spacial score (nSPS) is 12.4. The van der Waals surface area contributed by atoms with Gasteiger partial charge >= 0.3 is 0 Å². The molecule has 1 atom stereocenters. The molecule has 0 aliphatic rings. The first-order valence-corrected chi connectivity index (χ1v) is 7.96. The second-order valence-corrected chi connectivity index (χ2v) is 5.23. The van der Waals surface area contributed by atoms with Crippen molar-refractivity contribution in [2.24, 2.45) is 10.9 Å². The van der Waals surface area contributed by atoms with Gasteiger partial charge in [0.15, 0.2) is 5.96 Å². The molecule has 0 amide bonds. The van der Waals surface area contributed by atoms with Crippen LogP contribution in [0.3, 0.4) is 0 Å². The Labute approximate surface area is 156 Å². The monoisotopic (exact) mass is 435 g/mol. The number of halogens is 1. The van der Waals surface area contributed by atoms with E-state index in [0.29, 0.717) is 6.54 Å². The minimum absolute atomic E-state index is 0. The lowest BCUT2D eigenvalue weighted by molar-refractivity contribution is 0.195. The van der Waals surface area contributed by atoms with Crippen LogP contribution in [0.25, 0.3) is 0 Å². The molecule has 3 N–H and O–H groups in total. The SMILES string of the molecule is CCNC(=NCC(CO)Cc1ccccc1)NCCCOC.I. The molecular weight excluding hydrogens is 405 g/mol. The van der Waals surface area contributed by atoms with Crippen molar-refractivity contribution in [2.45, 2.75) is 19.8 Å². The molecule has 5 nitrogen and oxygen atoms in total. The number of nitrogens with zero attached hydrogens (tertiary/aromatic N) is 1. The van der Waals surface area contributed by atoms with Crippen molar-refractivity contribution in [1.82, 2.24) is 10.6 Å². The fraction of sp³-hybridized carbons (Fsp3) is 0.588. The third-order valence-corrected chi connectivity index (χ3v) is 3.29. The van der Waals surface area contributed by atoms with Crippen LogP contribution < -0.4 is 10.6 Å². The predicted octanol–water partition coefficient (Wildman–Crippen LogP) is 2.05. The lowest BCUT2D eigenvalue weighted by atomic mass is 10.0. The molecule has 0 bridgehead atoms. The van der Waals surface area contributed by atoms with E-state index in [1.165, 1.54) is 5.56 Å². The maximum Gasteiger partial charge on any atom is 0.191 e. The molecule has 0 spiro atoms. The highest BCUT2D eigenvalue weighted by molar-refractivity contribution is 14.0. The standard InChI is InChI=1S/C17H29N3O2.HI/c1-3-18-17(19-10-7-11-22-2)20-13-16(14-21)12-15-8-5-4-6-9-15;/h4-6,8-9,16,21H,3,7,10-14H2,1-2H3,(H2,18,19,20);1H. The van der Waals surface area contributed by atoms with Crippen molar-refractivity contribution in [2.75, 3.05) is 40.0 Å². The van der Waals surface area contributed by atoms with Crippen LogP contribution in [0.4, 0.5) is 0 Å². The highest BCUT2D eigenvalue weighted by atomic mass is 127. The van der Waals surface area contributed by atoms with Gasteiger partial charge in [0.05, 0.1) is 0 Å². The Morgan fingerprint density at radius 3 is 2.61 bits per heavy atom. The molecule has 0 fully saturated rings. The Morgan fingerprint density at radius 2 is 2.00 bits per heavy atom. The van der Waals surface area contributed by atoms with E-state index >= 15 is 0 Å². The van der Waals surface area contributed by atoms with Crippen LogP contribution in [-0.4, -0.2) is 51.0 Å². The minimum Gasteiger partial charge on any atom is -0.396 e. The van der Waals surface area contributed by atoms with Crippen molar-refractivity contribution >= 4 is 29.9 Å². The third-order valence-electron chi connectivity index (χ3n) is 3.29. The van der Waals surface area contributed by atoms with Gasteiger partial charge in [0.25, 0.3) is 0 Å². The Morgan fingerprint density at radius 1 is 1.26 bits per heavy atom. The van der Waals surface area contributed by atoms with Crippen LogP contribution in [0, 0.1) is 5.92 Å². The van der Waals surface area contributed by atoms with Crippen LogP contribution in [0.5, 0.6) is 0 Å². The molecule has 0 saturated heterocycles. The summed E-state index contributed by atoms with van der Waals surface area (Å²) in [5.41, 5.74) is 1.23. The average Bonchev–Trinajstić information content (AvgIpc) is 2.56. The minimum atomic E-state index is 0. The van der Waals surface area contributed by atoms with Gasteiger partial charge in [-0.25, -0.2) is 0 Å². The van der Waals surface area contributed by atoms with E-state index in [1.807, 2.05) is 25.1 Å². The van der Waals surface area contributed by atoms with E-state index in [2.05, 4.69) is 27.8 Å². The molecule has 0 aliphatic carbocycles. The van der Waals surface area contributed by atoms with Crippen LogP contribution in [0.2, 0.25) is 0 Å². The first kappa shape index (κ1) is 22.1. The Balaban J connectivity index is 0.00000484. The number of methoxy groups -OCH3 is 1. The van der Waals surface area contributed by atoms with Crippen LogP contribution in [0.1, 0.15) is 18.9 Å². The lowest BCUT2D eigenvalue weighted by Gasteiger charge is -2.15. The summed E-state index contributed by atoms with van der Waals surface area (Å²) in [7, 11) is 1.70. The number of aliphatic imine (C=N–C) groups is 1. The summed E-state index contributed by atoms with van der Waals surface area (Å²) in [6.45, 7) is 5.16. The van der Waals surface area contributed by atoms with Gasteiger partial charge in [-0.2, -0.15) is 0 Å². The molecular formula is C17H30IN3O2. The largest absolute Gasteiger partial charge is 0.396 e. The van der Waals surface area contributed by atoms with E-state index in [-0.39, 0.29) is 36.5 Å². The predicted molar refractivity (Wildman–Crippen MR) is 107 cm³/mol. The summed E-state index contributed by atoms with van der Waals surface area (Å²) in [4.78, 5) is 4.57. The highest BCUT2D eigenvalue weighted by Crippen LogP contribution is 2.08. The highest BCUT2D eigenvalue weighted by Gasteiger charge is 2.08. The molecule has 6 heteroatoms. The summed E-state index contributed by atoms with van der Waals surface area (Å²) in [5, 5.41) is 16.0. The number of aliphatic hydroxyl groups excluding tert-OH is 1. The molecule has 0 saturated carbocycles. The zero-order valence-electron chi connectivity index (χ0n) is 14.1. The number of rotatable bonds is 10. The topological polar surface area (TPSA) is 65.9 Å². The van der Waals surface area contributed by atoms with E-state index in [4.69, 9.17) is 4.74 Å². The maximum absolute atomic E-state index is 9.55. The summed E-state index contributed by atoms with van der Waals surface area (Å²) >= 11 is 0. The van der Waals surface area contributed by atoms with Crippen molar-refractivity contribution in [3.05, 3.63) is 35.9 Å². The van der Waals surface area contributed by atoms with Crippen molar-refractivity contribution < 1.29 is 9.84 Å². The van der Waals surface area contributed by atoms with Crippen molar-refractivity contribution in [3.63, 3.8) is 0 Å². The molecule has 1 unspecified atom stereocenters. The number of hydrogen-bond acceptors (Lipinski definition) is 3. The second-order valence-electron chi connectivity index (χ2n) is 5.23. The van der Waals surface area contributed by atoms with Gasteiger partial charge in [0, 0.05) is 45.9 Å². The smallest absolute Gasteiger partial charge is 0.191 e. The van der Waals surface area contributed by atoms with Gasteiger partial charge in [-0.3, -0.25) is 4.99 Å². The van der Waals surface area contributed by atoms with E-state index in [1.54, 1.807) is 7.11 Å². The van der Waals surface area contributed by atoms with Gasteiger partial charge in [-0.05, 0) is 25.3 Å². The number of benzene rings is 1. The second kappa shape index (κ2) is 14.7. The van der Waals surface area contributed by atoms with Crippen molar-refractivity contribution in [1.29, 1.82) is 0 Å². The number of ether oxygens (including phenoxy) is 1. The van der Waals surface area contributed by atoms with Crippen molar-refractivity contribution in [3.8, 4) is 0 Å². The Hall–Kier alpha value is -0.860. The van der Waals surface area contributed by atoms with Gasteiger partial charge in [-0.1, -0.05) is 30.3 Å². The van der Waals surface area contributed by atoms with Gasteiger partial charge < -0.3 is 20.5 Å². The maximum atomic E-state index is 9.55. The fourth-order valence-corrected chi connectivity index (χ4v) is 2.12. The summed E-state index contributed by atoms with van der Waals surface area (Å²) in [6.07, 6.45) is 1.78. The molecule has 1 aromatic carbocycles. The first-order chi connectivity index (χ1) is 10.8. The quantitative estimate of drug-likeness (QED) is 0.228.